The first-order valence-electron chi connectivity index (χ1n) is 8.15. The summed E-state index contributed by atoms with van der Waals surface area (Å²) >= 11 is 0. The molecule has 1 N–H and O–H groups in total. The lowest BCUT2D eigenvalue weighted by Crippen LogP contribution is -2.43. The largest absolute Gasteiger partial charge is 0.462 e. The summed E-state index contributed by atoms with van der Waals surface area (Å²) in [6, 6.07) is 1.15. The summed E-state index contributed by atoms with van der Waals surface area (Å²) in [5.74, 6) is -0.941. The number of ketones is 1. The summed E-state index contributed by atoms with van der Waals surface area (Å²) in [6.07, 6.45) is 0.356. The minimum atomic E-state index is -1.04. The van der Waals surface area contributed by atoms with Gasteiger partial charge >= 0.3 is 11.7 Å². The molecule has 1 aromatic heterocycles. The van der Waals surface area contributed by atoms with Gasteiger partial charge in [-0.1, -0.05) is 0 Å². The van der Waals surface area contributed by atoms with Crippen LogP contribution in [-0.4, -0.2) is 46.9 Å². The average Bonchev–Trinajstić information content (AvgIpc) is 2.54. The minimum absolute atomic E-state index is 0.136. The van der Waals surface area contributed by atoms with Crippen LogP contribution in [0.25, 0.3) is 5.70 Å². The van der Waals surface area contributed by atoms with Crippen molar-refractivity contribution in [2.45, 2.75) is 40.1 Å². The molecule has 0 fully saturated rings. The fourth-order valence-corrected chi connectivity index (χ4v) is 2.16. The molecule has 142 valence electrons. The smallest absolute Gasteiger partial charge is 0.332 e. The summed E-state index contributed by atoms with van der Waals surface area (Å²) in [7, 11) is 0. The van der Waals surface area contributed by atoms with Gasteiger partial charge in [0.05, 0.1) is 11.1 Å². The predicted molar refractivity (Wildman–Crippen MR) is 91.3 cm³/mol. The van der Waals surface area contributed by atoms with Gasteiger partial charge in [0.25, 0.3) is 5.56 Å². The number of carbonyl (C=O) groups excluding carboxylic acids is 2. The number of aromatic nitrogens is 2. The summed E-state index contributed by atoms with van der Waals surface area (Å²) < 4.78 is 17.2. The Morgan fingerprint density at radius 1 is 1.31 bits per heavy atom. The first-order valence-corrected chi connectivity index (χ1v) is 8.15. The number of rotatable bonds is 5. The number of carbonyl (C=O) groups is 2. The number of hydrogen-bond acceptors (Lipinski definition) is 7. The molecule has 26 heavy (non-hydrogen) atoms. The third-order valence-electron chi connectivity index (χ3n) is 3.54. The van der Waals surface area contributed by atoms with Crippen LogP contribution in [0.3, 0.4) is 0 Å². The topological polar surface area (TPSA) is 117 Å². The maximum absolute atomic E-state index is 12.3. The molecule has 0 unspecified atom stereocenters. The third kappa shape index (κ3) is 4.55. The molecule has 2 atom stereocenters. The Bertz CT molecular complexity index is 828. The van der Waals surface area contributed by atoms with Crippen molar-refractivity contribution in [2.75, 3.05) is 13.2 Å². The van der Waals surface area contributed by atoms with Gasteiger partial charge in [-0.3, -0.25) is 23.9 Å². The van der Waals surface area contributed by atoms with Crippen LogP contribution in [0, 0.1) is 5.41 Å². The average molecular weight is 366 g/mol. The molecule has 0 aromatic carbocycles. The lowest BCUT2D eigenvalue weighted by atomic mass is 9.97. The standard InChI is InChI=1S/C17H22N2O7/c1-5-24-14-10(19-7-6-13(21)18-16(19)23)8-11(20)12(26-14)9-25-15(22)17(2,3)4/h6-8,12,14H,5,9H2,1-4H3,(H,18,21,23)/t12-,14+/m1/s1. The van der Waals surface area contributed by atoms with Gasteiger partial charge in [0, 0.05) is 24.9 Å². The van der Waals surface area contributed by atoms with Crippen LogP contribution >= 0.6 is 0 Å². The van der Waals surface area contributed by atoms with E-state index in [0.717, 1.165) is 10.6 Å². The van der Waals surface area contributed by atoms with Crippen LogP contribution in [0.2, 0.25) is 0 Å². The molecular formula is C17H22N2O7. The Morgan fingerprint density at radius 3 is 2.58 bits per heavy atom. The zero-order chi connectivity index (χ0) is 19.5. The number of H-pyrrole nitrogens is 1. The van der Waals surface area contributed by atoms with E-state index in [1.165, 1.54) is 12.3 Å². The molecule has 1 aliphatic rings. The second kappa shape index (κ2) is 7.79. The predicted octanol–water partition coefficient (Wildman–Crippen LogP) is 0.297. The number of esters is 1. The van der Waals surface area contributed by atoms with Crippen molar-refractivity contribution in [1.82, 2.24) is 9.55 Å². The number of hydrogen-bond donors (Lipinski definition) is 1. The summed E-state index contributed by atoms with van der Waals surface area (Å²) in [4.78, 5) is 49.5. The SMILES string of the molecule is CCO[C@H]1O[C@H](COC(=O)C(C)(C)C)C(=O)C=C1n1ccc(=O)[nH]c1=O. The fourth-order valence-electron chi connectivity index (χ4n) is 2.16. The van der Waals surface area contributed by atoms with Crippen molar-refractivity contribution >= 4 is 17.4 Å². The number of aromatic amines is 1. The molecule has 2 heterocycles. The highest BCUT2D eigenvalue weighted by atomic mass is 16.7. The molecular weight excluding hydrogens is 344 g/mol. The maximum Gasteiger partial charge on any atom is 0.332 e. The van der Waals surface area contributed by atoms with Crippen molar-refractivity contribution in [1.29, 1.82) is 0 Å². The molecule has 0 radical (unpaired) electrons. The molecule has 0 spiro atoms. The third-order valence-corrected chi connectivity index (χ3v) is 3.54. The Hall–Kier alpha value is -2.52. The van der Waals surface area contributed by atoms with Crippen LogP contribution in [-0.2, 0) is 23.8 Å². The van der Waals surface area contributed by atoms with Gasteiger partial charge in [-0.2, -0.15) is 0 Å². The van der Waals surface area contributed by atoms with Crippen molar-refractivity contribution in [2.24, 2.45) is 5.41 Å². The van der Waals surface area contributed by atoms with E-state index < -0.39 is 40.8 Å². The summed E-state index contributed by atoms with van der Waals surface area (Å²) in [5.41, 5.74) is -1.85. The maximum atomic E-state index is 12.3. The fraction of sp³-hybridized carbons (Fsp3) is 0.529. The van der Waals surface area contributed by atoms with Crippen LogP contribution in [0.4, 0.5) is 0 Å². The number of ether oxygens (including phenoxy) is 3. The van der Waals surface area contributed by atoms with Crippen LogP contribution in [0.5, 0.6) is 0 Å². The van der Waals surface area contributed by atoms with Crippen LogP contribution < -0.4 is 11.2 Å². The van der Waals surface area contributed by atoms with E-state index in [9.17, 15) is 19.2 Å². The molecule has 9 nitrogen and oxygen atoms in total. The Kier molecular flexibility index (Phi) is 5.94. The molecule has 9 heteroatoms. The molecule has 1 aliphatic heterocycles. The molecule has 0 amide bonds. The van der Waals surface area contributed by atoms with E-state index in [0.29, 0.717) is 0 Å². The lowest BCUT2D eigenvalue weighted by molar-refractivity contribution is -0.177. The Balaban J connectivity index is 2.26. The molecule has 0 aliphatic carbocycles. The monoisotopic (exact) mass is 366 g/mol. The van der Waals surface area contributed by atoms with E-state index in [1.54, 1.807) is 27.7 Å². The lowest BCUT2D eigenvalue weighted by Gasteiger charge is -2.30. The van der Waals surface area contributed by atoms with Crippen molar-refractivity contribution in [3.63, 3.8) is 0 Å². The normalized spacial score (nSPS) is 20.6. The first-order chi connectivity index (χ1) is 12.1. The summed E-state index contributed by atoms with van der Waals surface area (Å²) in [5, 5.41) is 0. The van der Waals surface area contributed by atoms with E-state index >= 15 is 0 Å². The highest BCUT2D eigenvalue weighted by Crippen LogP contribution is 2.22. The van der Waals surface area contributed by atoms with E-state index in [-0.39, 0.29) is 18.9 Å². The number of nitrogens with one attached hydrogen (secondary N) is 1. The molecule has 1 aromatic rings. The van der Waals surface area contributed by atoms with Gasteiger partial charge < -0.3 is 14.2 Å². The minimum Gasteiger partial charge on any atom is -0.462 e. The second-order valence-corrected chi connectivity index (χ2v) is 6.71. The highest BCUT2D eigenvalue weighted by Gasteiger charge is 2.34. The quantitative estimate of drug-likeness (QED) is 0.745. The van der Waals surface area contributed by atoms with E-state index in [4.69, 9.17) is 14.2 Å². The Labute approximate surface area is 149 Å². The molecule has 2 rings (SSSR count). The van der Waals surface area contributed by atoms with Gasteiger partial charge in [-0.25, -0.2) is 4.79 Å². The molecule has 0 saturated heterocycles. The van der Waals surface area contributed by atoms with Crippen molar-refractivity contribution < 1.29 is 23.8 Å². The highest BCUT2D eigenvalue weighted by molar-refractivity contribution is 5.99. The Morgan fingerprint density at radius 2 is 2.00 bits per heavy atom. The van der Waals surface area contributed by atoms with Gasteiger partial charge in [-0.05, 0) is 27.7 Å². The van der Waals surface area contributed by atoms with Gasteiger partial charge in [-0.15, -0.1) is 0 Å². The molecule has 0 saturated carbocycles. The van der Waals surface area contributed by atoms with Gasteiger partial charge in [0.1, 0.15) is 6.61 Å². The van der Waals surface area contributed by atoms with Crippen molar-refractivity contribution in [3.8, 4) is 0 Å². The van der Waals surface area contributed by atoms with Crippen molar-refractivity contribution in [3.05, 3.63) is 39.2 Å². The van der Waals surface area contributed by atoms with Gasteiger partial charge in [0.15, 0.2) is 11.9 Å². The zero-order valence-corrected chi connectivity index (χ0v) is 15.1. The van der Waals surface area contributed by atoms with Crippen LogP contribution in [0.1, 0.15) is 27.7 Å². The molecule has 0 bridgehead atoms. The zero-order valence-electron chi connectivity index (χ0n) is 15.1. The van der Waals surface area contributed by atoms with Crippen LogP contribution in [0.15, 0.2) is 27.9 Å². The number of nitrogens with zero attached hydrogens (tertiary/aromatic N) is 1. The first kappa shape index (κ1) is 19.8. The van der Waals surface area contributed by atoms with E-state index in [1.807, 2.05) is 0 Å². The van der Waals surface area contributed by atoms with E-state index in [2.05, 4.69) is 4.98 Å². The van der Waals surface area contributed by atoms with Gasteiger partial charge in [0.2, 0.25) is 6.29 Å². The summed E-state index contributed by atoms with van der Waals surface area (Å²) in [6.45, 7) is 6.81. The second-order valence-electron chi connectivity index (χ2n) is 6.71.